The van der Waals surface area contributed by atoms with E-state index in [1.165, 1.54) is 12.1 Å². The molecule has 7 nitrogen and oxygen atoms in total. The van der Waals surface area contributed by atoms with E-state index in [2.05, 4.69) is 20.9 Å². The number of H-pyrrole nitrogens is 1. The van der Waals surface area contributed by atoms with Crippen LogP contribution in [0.2, 0.25) is 0 Å². The highest BCUT2D eigenvalue weighted by atomic mass is 79.9. The number of nitrogens with one attached hydrogen (secondary N) is 1. The Kier molecular flexibility index (Phi) is 4.03. The minimum atomic E-state index is -1.82. The molecular formula is C14H7BrF3N3O4. The van der Waals surface area contributed by atoms with Crippen LogP contribution in [0.4, 0.5) is 18.9 Å². The first kappa shape index (κ1) is 17.0. The first-order chi connectivity index (χ1) is 11.8. The van der Waals surface area contributed by atoms with Crippen molar-refractivity contribution in [2.75, 3.05) is 7.11 Å². The number of rotatable bonds is 3. The molecule has 1 N–H and O–H groups in total. The van der Waals surface area contributed by atoms with Gasteiger partial charge in [-0.25, -0.2) is 13.6 Å². The molecule has 0 unspecified atom stereocenters. The van der Waals surface area contributed by atoms with Crippen molar-refractivity contribution in [1.29, 1.82) is 0 Å². The Morgan fingerprint density at radius 1 is 1.28 bits per heavy atom. The zero-order valence-electron chi connectivity index (χ0n) is 12.3. The maximum Gasteiger partial charge on any atom is 0.351 e. The van der Waals surface area contributed by atoms with Crippen LogP contribution in [-0.4, -0.2) is 21.6 Å². The predicted octanol–water partition coefficient (Wildman–Crippen LogP) is 3.42. The maximum absolute atomic E-state index is 14.5. The summed E-state index contributed by atoms with van der Waals surface area (Å²) in [6, 6.07) is 3.58. The molecule has 0 saturated carbocycles. The molecule has 1 heterocycles. The Morgan fingerprint density at radius 2 is 1.96 bits per heavy atom. The average Bonchev–Trinajstić information content (AvgIpc) is 2.87. The summed E-state index contributed by atoms with van der Waals surface area (Å²) in [7, 11) is 0.995. The van der Waals surface area contributed by atoms with Gasteiger partial charge in [-0.2, -0.15) is 4.39 Å². The summed E-state index contributed by atoms with van der Waals surface area (Å²) in [5.41, 5.74) is -3.81. The monoisotopic (exact) mass is 417 g/mol. The number of hydrogen-bond acceptors (Lipinski definition) is 4. The Morgan fingerprint density at radius 3 is 2.52 bits per heavy atom. The second-order valence-electron chi connectivity index (χ2n) is 4.85. The van der Waals surface area contributed by atoms with Gasteiger partial charge in [-0.1, -0.05) is 15.9 Å². The van der Waals surface area contributed by atoms with Gasteiger partial charge in [-0.15, -0.1) is 0 Å². The van der Waals surface area contributed by atoms with Crippen molar-refractivity contribution in [1.82, 2.24) is 9.55 Å². The number of halogens is 4. The summed E-state index contributed by atoms with van der Waals surface area (Å²) < 4.78 is 48.5. The van der Waals surface area contributed by atoms with E-state index in [9.17, 15) is 28.1 Å². The third-order valence-electron chi connectivity index (χ3n) is 3.48. The van der Waals surface area contributed by atoms with Gasteiger partial charge in [-0.05, 0) is 18.2 Å². The molecule has 0 saturated heterocycles. The Bertz CT molecular complexity index is 1090. The lowest BCUT2D eigenvalue weighted by Crippen LogP contribution is -2.16. The number of nitro groups is 1. The number of aromatic nitrogens is 2. The van der Waals surface area contributed by atoms with Gasteiger partial charge in [-0.3, -0.25) is 14.7 Å². The number of imidazole rings is 1. The van der Waals surface area contributed by atoms with Crippen molar-refractivity contribution in [2.24, 2.45) is 0 Å². The van der Waals surface area contributed by atoms with Crippen LogP contribution in [0.3, 0.4) is 0 Å². The van der Waals surface area contributed by atoms with Gasteiger partial charge in [0.2, 0.25) is 11.6 Å². The van der Waals surface area contributed by atoms with E-state index in [0.29, 0.717) is 9.04 Å². The highest BCUT2D eigenvalue weighted by Gasteiger charge is 2.33. The summed E-state index contributed by atoms with van der Waals surface area (Å²) in [6.45, 7) is 0. The minimum Gasteiger partial charge on any atom is -0.489 e. The predicted molar refractivity (Wildman–Crippen MR) is 84.7 cm³/mol. The second kappa shape index (κ2) is 5.92. The second-order valence-corrected chi connectivity index (χ2v) is 5.77. The Balaban J connectivity index is 2.52. The average molecular weight is 418 g/mol. The smallest absolute Gasteiger partial charge is 0.351 e. The number of methoxy groups -OCH3 is 1. The number of benzene rings is 2. The number of hydrogen-bond donors (Lipinski definition) is 1. The fraction of sp³-hybridized carbons (Fsp3) is 0.0714. The van der Waals surface area contributed by atoms with Crippen LogP contribution in [0.25, 0.3) is 16.7 Å². The fourth-order valence-electron chi connectivity index (χ4n) is 2.49. The van der Waals surface area contributed by atoms with E-state index in [1.54, 1.807) is 0 Å². The van der Waals surface area contributed by atoms with E-state index >= 15 is 0 Å². The molecule has 0 atom stereocenters. The maximum atomic E-state index is 14.5. The van der Waals surface area contributed by atoms with Crippen molar-refractivity contribution in [3.63, 3.8) is 0 Å². The topological polar surface area (TPSA) is 90.2 Å². The summed E-state index contributed by atoms with van der Waals surface area (Å²) >= 11 is 3.04. The molecule has 0 amide bonds. The summed E-state index contributed by atoms with van der Waals surface area (Å²) in [5, 5.41) is 11.0. The van der Waals surface area contributed by atoms with E-state index in [4.69, 9.17) is 4.74 Å². The Hall–Kier alpha value is -2.82. The number of nitro benzene ring substituents is 1. The van der Waals surface area contributed by atoms with Crippen LogP contribution in [0.1, 0.15) is 0 Å². The molecule has 25 heavy (non-hydrogen) atoms. The molecule has 0 fully saturated rings. The quantitative estimate of drug-likeness (QED) is 0.522. The lowest BCUT2D eigenvalue weighted by Gasteiger charge is -2.09. The molecule has 3 rings (SSSR count). The van der Waals surface area contributed by atoms with E-state index in [-0.39, 0.29) is 5.69 Å². The molecule has 130 valence electrons. The first-order valence-corrected chi connectivity index (χ1v) is 7.36. The Labute approximate surface area is 144 Å². The normalized spacial score (nSPS) is 11.1. The van der Waals surface area contributed by atoms with Crippen molar-refractivity contribution in [2.45, 2.75) is 0 Å². The van der Waals surface area contributed by atoms with Crippen molar-refractivity contribution < 1.29 is 22.8 Å². The zero-order chi connectivity index (χ0) is 18.5. The van der Waals surface area contributed by atoms with Crippen LogP contribution >= 0.6 is 15.9 Å². The highest BCUT2D eigenvalue weighted by Crippen LogP contribution is 2.39. The zero-order valence-corrected chi connectivity index (χ0v) is 13.9. The van der Waals surface area contributed by atoms with E-state index < -0.39 is 50.5 Å². The summed E-state index contributed by atoms with van der Waals surface area (Å²) in [6.07, 6.45) is 0. The van der Waals surface area contributed by atoms with Crippen molar-refractivity contribution in [3.05, 3.63) is 60.7 Å². The van der Waals surface area contributed by atoms with Crippen LogP contribution in [0.15, 0.2) is 27.5 Å². The molecule has 0 aliphatic carbocycles. The van der Waals surface area contributed by atoms with Gasteiger partial charge in [0.25, 0.3) is 0 Å². The van der Waals surface area contributed by atoms with Gasteiger partial charge < -0.3 is 9.72 Å². The molecule has 11 heteroatoms. The van der Waals surface area contributed by atoms with E-state index in [1.807, 2.05) is 0 Å². The highest BCUT2D eigenvalue weighted by molar-refractivity contribution is 9.10. The standard InChI is InChI=1S/C14H7BrF3N3O4/c1-25-13-10-11(8(17)9(18)12(13)21(23)24)20(14(22)19-10)7-3-2-5(15)4-6(7)16/h2-4H,1H3,(H,19,22). The van der Waals surface area contributed by atoms with Gasteiger partial charge in [0, 0.05) is 4.47 Å². The van der Waals surface area contributed by atoms with Crippen molar-refractivity contribution >= 4 is 32.7 Å². The molecule has 0 aliphatic heterocycles. The lowest BCUT2D eigenvalue weighted by molar-refractivity contribution is -0.388. The van der Waals surface area contributed by atoms with Crippen LogP contribution < -0.4 is 10.4 Å². The molecule has 0 aliphatic rings. The molecule has 2 aromatic carbocycles. The molecule has 0 spiro atoms. The number of nitrogens with zero attached hydrogens (tertiary/aromatic N) is 2. The van der Waals surface area contributed by atoms with Gasteiger partial charge in [0.05, 0.1) is 17.7 Å². The largest absolute Gasteiger partial charge is 0.489 e. The van der Waals surface area contributed by atoms with Crippen LogP contribution in [0.5, 0.6) is 5.75 Å². The van der Waals surface area contributed by atoms with E-state index in [0.717, 1.165) is 13.2 Å². The molecule has 0 bridgehead atoms. The molecule has 3 aromatic rings. The number of ether oxygens (including phenoxy) is 1. The van der Waals surface area contributed by atoms with Gasteiger partial charge in [0.1, 0.15) is 16.9 Å². The number of fused-ring (bicyclic) bond motifs is 1. The first-order valence-electron chi connectivity index (χ1n) is 6.57. The summed E-state index contributed by atoms with van der Waals surface area (Å²) in [4.78, 5) is 24.2. The summed E-state index contributed by atoms with van der Waals surface area (Å²) in [5.74, 6) is -5.07. The lowest BCUT2D eigenvalue weighted by atomic mass is 10.2. The molecule has 0 radical (unpaired) electrons. The van der Waals surface area contributed by atoms with Gasteiger partial charge in [0.15, 0.2) is 5.82 Å². The number of aromatic amines is 1. The SMILES string of the molecule is COc1c([N+](=O)[O-])c(F)c(F)c2c1[nH]c(=O)n2-c1ccc(Br)cc1F. The molecular weight excluding hydrogens is 411 g/mol. The van der Waals surface area contributed by atoms with Gasteiger partial charge >= 0.3 is 11.4 Å². The van der Waals surface area contributed by atoms with Crippen molar-refractivity contribution in [3.8, 4) is 11.4 Å². The molecule has 1 aromatic heterocycles. The van der Waals surface area contributed by atoms with Crippen LogP contribution in [-0.2, 0) is 0 Å². The third kappa shape index (κ3) is 2.47. The minimum absolute atomic E-state index is 0.363. The van der Waals surface area contributed by atoms with Crippen LogP contribution in [0, 0.1) is 27.6 Å². The third-order valence-corrected chi connectivity index (χ3v) is 3.98. The fourth-order valence-corrected chi connectivity index (χ4v) is 2.82.